The van der Waals surface area contributed by atoms with Crippen LogP contribution in [0.3, 0.4) is 0 Å². The number of benzene rings is 4. The molecule has 0 spiro atoms. The Hall–Kier alpha value is -4.27. The van der Waals surface area contributed by atoms with Gasteiger partial charge in [-0.15, -0.1) is 0 Å². The first kappa shape index (κ1) is 29.7. The molecular weight excluding hydrogens is 524 g/mol. The van der Waals surface area contributed by atoms with Crippen molar-refractivity contribution in [1.82, 2.24) is 0 Å². The van der Waals surface area contributed by atoms with Crippen LogP contribution < -0.4 is 0 Å². The maximum atomic E-state index is 12.6. The molecule has 0 atom stereocenters. The standard InChI is InChI=1S/C33H34O8/c1-4-37-31(34)25-12-10-24-19-26(13-11-23(24)18-25)32(35)38-16-7-17-40-41-21-27-14-15-30(33(36)39-20-22(2)3)29-9-6-5-8-28(27)29/h5-6,8-15,18-19,22H,4,7,16-17,20-21H2,1-3H3. The van der Waals surface area contributed by atoms with Crippen molar-refractivity contribution in [2.24, 2.45) is 5.92 Å². The van der Waals surface area contributed by atoms with Crippen molar-refractivity contribution in [2.45, 2.75) is 33.8 Å². The molecule has 0 fully saturated rings. The van der Waals surface area contributed by atoms with Crippen molar-refractivity contribution in [2.75, 3.05) is 26.4 Å². The van der Waals surface area contributed by atoms with E-state index >= 15 is 0 Å². The Bertz CT molecular complexity index is 1520. The van der Waals surface area contributed by atoms with Crippen molar-refractivity contribution in [3.05, 3.63) is 95.1 Å². The van der Waals surface area contributed by atoms with Gasteiger partial charge in [0.25, 0.3) is 0 Å². The lowest BCUT2D eigenvalue weighted by Gasteiger charge is -2.12. The van der Waals surface area contributed by atoms with Crippen LogP contribution >= 0.6 is 0 Å². The van der Waals surface area contributed by atoms with Gasteiger partial charge >= 0.3 is 17.9 Å². The number of esters is 3. The quantitative estimate of drug-likeness (QED) is 0.0590. The van der Waals surface area contributed by atoms with Crippen LogP contribution in [0.15, 0.2) is 72.8 Å². The molecule has 0 unspecified atom stereocenters. The first-order valence-corrected chi connectivity index (χ1v) is 13.7. The Labute approximate surface area is 239 Å². The second kappa shape index (κ2) is 14.4. The van der Waals surface area contributed by atoms with Crippen LogP contribution in [0.25, 0.3) is 21.5 Å². The average molecular weight is 559 g/mol. The van der Waals surface area contributed by atoms with E-state index in [1.807, 2.05) is 44.2 Å². The van der Waals surface area contributed by atoms with E-state index in [9.17, 15) is 14.4 Å². The van der Waals surface area contributed by atoms with Crippen LogP contribution in [0.1, 0.15) is 63.8 Å². The minimum Gasteiger partial charge on any atom is -0.462 e. The zero-order valence-corrected chi connectivity index (χ0v) is 23.5. The van der Waals surface area contributed by atoms with Gasteiger partial charge < -0.3 is 14.2 Å². The molecule has 8 heteroatoms. The summed E-state index contributed by atoms with van der Waals surface area (Å²) in [5, 5.41) is 3.32. The Morgan fingerprint density at radius 1 is 0.683 bits per heavy atom. The third kappa shape index (κ3) is 7.90. The summed E-state index contributed by atoms with van der Waals surface area (Å²) in [6.45, 7) is 7.01. The van der Waals surface area contributed by atoms with Crippen LogP contribution in [0, 0.1) is 5.92 Å². The van der Waals surface area contributed by atoms with Gasteiger partial charge in [-0.1, -0.05) is 56.3 Å². The van der Waals surface area contributed by atoms with Crippen LogP contribution in [0.2, 0.25) is 0 Å². The normalized spacial score (nSPS) is 11.1. The Balaban J connectivity index is 1.22. The molecule has 4 rings (SSSR count). The molecule has 0 amide bonds. The van der Waals surface area contributed by atoms with E-state index in [4.69, 9.17) is 24.0 Å². The highest BCUT2D eigenvalue weighted by Gasteiger charge is 2.15. The van der Waals surface area contributed by atoms with Gasteiger partial charge in [-0.05, 0) is 70.3 Å². The second-order valence-electron chi connectivity index (χ2n) is 9.88. The van der Waals surface area contributed by atoms with E-state index < -0.39 is 5.97 Å². The number of ether oxygens (including phenoxy) is 3. The summed E-state index contributed by atoms with van der Waals surface area (Å²) in [6, 6.07) is 21.5. The molecule has 8 nitrogen and oxygen atoms in total. The van der Waals surface area contributed by atoms with E-state index in [-0.39, 0.29) is 37.7 Å². The number of rotatable bonds is 13. The summed E-state index contributed by atoms with van der Waals surface area (Å²) in [5.74, 6) is -0.915. The monoisotopic (exact) mass is 558 g/mol. The molecule has 0 bridgehead atoms. The van der Waals surface area contributed by atoms with Gasteiger partial charge in [-0.3, -0.25) is 0 Å². The zero-order valence-electron chi connectivity index (χ0n) is 23.5. The molecule has 0 aliphatic carbocycles. The number of carbonyl (C=O) groups excluding carboxylic acids is 3. The molecule has 0 radical (unpaired) electrons. The first-order valence-electron chi connectivity index (χ1n) is 13.7. The fourth-order valence-corrected chi connectivity index (χ4v) is 4.23. The molecule has 214 valence electrons. The number of hydrogen-bond donors (Lipinski definition) is 0. The van der Waals surface area contributed by atoms with Gasteiger partial charge in [-0.25, -0.2) is 24.2 Å². The molecule has 0 N–H and O–H groups in total. The highest BCUT2D eigenvalue weighted by molar-refractivity contribution is 6.05. The number of hydrogen-bond acceptors (Lipinski definition) is 8. The number of carbonyl (C=O) groups is 3. The maximum absolute atomic E-state index is 12.6. The molecule has 0 aliphatic heterocycles. The maximum Gasteiger partial charge on any atom is 0.338 e. The van der Waals surface area contributed by atoms with Crippen LogP contribution in [-0.2, 0) is 30.6 Å². The Kier molecular flexibility index (Phi) is 10.4. The average Bonchev–Trinajstić information content (AvgIpc) is 2.98. The summed E-state index contributed by atoms with van der Waals surface area (Å²) < 4.78 is 15.8. The van der Waals surface area contributed by atoms with E-state index in [2.05, 4.69) is 0 Å². The van der Waals surface area contributed by atoms with Crippen LogP contribution in [-0.4, -0.2) is 44.3 Å². The fraction of sp³-hybridized carbons (Fsp3) is 0.303. The minimum atomic E-state index is -0.444. The lowest BCUT2D eigenvalue weighted by atomic mass is 10.00. The molecule has 0 heterocycles. The molecule has 41 heavy (non-hydrogen) atoms. The predicted octanol–water partition coefficient (Wildman–Crippen LogP) is 6.68. The summed E-state index contributed by atoms with van der Waals surface area (Å²) >= 11 is 0. The van der Waals surface area contributed by atoms with Gasteiger partial charge in [0.05, 0.1) is 43.1 Å². The largest absolute Gasteiger partial charge is 0.462 e. The van der Waals surface area contributed by atoms with Gasteiger partial charge in [-0.2, -0.15) is 0 Å². The van der Waals surface area contributed by atoms with Crippen molar-refractivity contribution in [3.63, 3.8) is 0 Å². The SMILES string of the molecule is CCOC(=O)c1ccc2cc(C(=O)OCCCOOCc3ccc(C(=O)OCC(C)C)c4ccccc34)ccc2c1. The van der Waals surface area contributed by atoms with Crippen LogP contribution in [0.4, 0.5) is 0 Å². The molecular formula is C33H34O8. The van der Waals surface area contributed by atoms with E-state index in [0.29, 0.717) is 36.3 Å². The van der Waals surface area contributed by atoms with Gasteiger partial charge in [0.15, 0.2) is 0 Å². The molecule has 0 saturated carbocycles. The molecule has 4 aromatic rings. The molecule has 0 aliphatic rings. The zero-order chi connectivity index (χ0) is 29.2. The third-order valence-corrected chi connectivity index (χ3v) is 6.27. The van der Waals surface area contributed by atoms with Crippen molar-refractivity contribution >= 4 is 39.5 Å². The molecule has 0 saturated heterocycles. The van der Waals surface area contributed by atoms with Gasteiger partial charge in [0.2, 0.25) is 0 Å². The fourth-order valence-electron chi connectivity index (χ4n) is 4.23. The minimum absolute atomic E-state index is 0.165. The van der Waals surface area contributed by atoms with Crippen molar-refractivity contribution in [1.29, 1.82) is 0 Å². The Morgan fingerprint density at radius 2 is 1.34 bits per heavy atom. The topological polar surface area (TPSA) is 97.4 Å². The molecule has 0 aromatic heterocycles. The highest BCUT2D eigenvalue weighted by atomic mass is 17.2. The summed E-state index contributed by atoms with van der Waals surface area (Å²) in [7, 11) is 0. The van der Waals surface area contributed by atoms with Gasteiger partial charge in [0.1, 0.15) is 6.61 Å². The van der Waals surface area contributed by atoms with E-state index in [0.717, 1.165) is 27.1 Å². The smallest absolute Gasteiger partial charge is 0.338 e. The van der Waals surface area contributed by atoms with Crippen molar-refractivity contribution < 1.29 is 38.4 Å². The molecule has 4 aromatic carbocycles. The van der Waals surface area contributed by atoms with Crippen molar-refractivity contribution in [3.8, 4) is 0 Å². The second-order valence-corrected chi connectivity index (χ2v) is 9.88. The van der Waals surface area contributed by atoms with E-state index in [1.54, 1.807) is 49.4 Å². The van der Waals surface area contributed by atoms with E-state index in [1.165, 1.54) is 0 Å². The lowest BCUT2D eigenvalue weighted by molar-refractivity contribution is -0.304. The predicted molar refractivity (Wildman–Crippen MR) is 155 cm³/mol. The summed E-state index contributed by atoms with van der Waals surface area (Å²) in [6.07, 6.45) is 0.448. The Morgan fingerprint density at radius 3 is 2.00 bits per heavy atom. The first-order chi connectivity index (χ1) is 19.9. The number of fused-ring (bicyclic) bond motifs is 2. The lowest BCUT2D eigenvalue weighted by Crippen LogP contribution is -2.11. The third-order valence-electron chi connectivity index (χ3n) is 6.27. The van der Waals surface area contributed by atoms with Crippen LogP contribution in [0.5, 0.6) is 0 Å². The van der Waals surface area contributed by atoms with Gasteiger partial charge in [0, 0.05) is 6.42 Å². The summed E-state index contributed by atoms with van der Waals surface area (Å²) in [5.41, 5.74) is 2.27. The highest BCUT2D eigenvalue weighted by Crippen LogP contribution is 2.25. The summed E-state index contributed by atoms with van der Waals surface area (Å²) in [4.78, 5) is 47.7.